The normalized spacial score (nSPS) is 31.7. The van der Waals surface area contributed by atoms with E-state index in [1.165, 1.54) is 18.9 Å². The number of allylic oxidation sites excluding steroid dienone is 1. The Morgan fingerprint density at radius 2 is 1.79 bits per heavy atom. The van der Waals surface area contributed by atoms with Gasteiger partial charge >= 0.3 is 5.97 Å². The summed E-state index contributed by atoms with van der Waals surface area (Å²) in [6.07, 6.45) is 21.4. The van der Waals surface area contributed by atoms with Crippen molar-refractivity contribution in [2.75, 3.05) is 13.2 Å². The van der Waals surface area contributed by atoms with E-state index in [1.807, 2.05) is 0 Å². The van der Waals surface area contributed by atoms with Crippen molar-refractivity contribution in [2.24, 2.45) is 17.8 Å². The number of carboxylic acids is 1. The van der Waals surface area contributed by atoms with E-state index >= 15 is 0 Å². The molecular weight excluding hydrogens is 496 g/mol. The molecule has 2 saturated heterocycles. The number of carboxylic acid groups (broad SMARTS) is 1. The molecule has 7 heteroatoms. The Bertz CT molecular complexity index is 719. The number of rotatable bonds is 17. The lowest BCUT2D eigenvalue weighted by Gasteiger charge is -2.30. The third-order valence-electron chi connectivity index (χ3n) is 8.63. The summed E-state index contributed by atoms with van der Waals surface area (Å²) >= 11 is 0. The van der Waals surface area contributed by atoms with Crippen LogP contribution in [0.15, 0.2) is 24.3 Å². The van der Waals surface area contributed by atoms with Crippen molar-refractivity contribution < 1.29 is 34.0 Å². The van der Waals surface area contributed by atoms with E-state index in [-0.39, 0.29) is 36.6 Å². The summed E-state index contributed by atoms with van der Waals surface area (Å²) in [5, 5.41) is 19.9. The first-order valence-electron chi connectivity index (χ1n) is 15.8. The Labute approximate surface area is 236 Å². The van der Waals surface area contributed by atoms with Gasteiger partial charge in [-0.3, -0.25) is 0 Å². The van der Waals surface area contributed by atoms with Crippen LogP contribution in [0.4, 0.5) is 0 Å². The highest BCUT2D eigenvalue weighted by atomic mass is 16.7. The number of hydrogen-bond donors (Lipinski definition) is 2. The van der Waals surface area contributed by atoms with Gasteiger partial charge in [-0.2, -0.15) is 0 Å². The largest absolute Gasteiger partial charge is 0.478 e. The Morgan fingerprint density at radius 3 is 2.44 bits per heavy atom. The van der Waals surface area contributed by atoms with Crippen LogP contribution in [0.3, 0.4) is 0 Å². The molecule has 4 unspecified atom stereocenters. The minimum atomic E-state index is -0.906. The second kappa shape index (κ2) is 18.2. The van der Waals surface area contributed by atoms with Crippen molar-refractivity contribution >= 4 is 5.97 Å². The van der Waals surface area contributed by atoms with Gasteiger partial charge in [-0.1, -0.05) is 57.8 Å². The molecule has 0 aromatic rings. The van der Waals surface area contributed by atoms with Gasteiger partial charge in [0, 0.05) is 31.6 Å². The molecule has 3 rings (SSSR count). The lowest BCUT2D eigenvalue weighted by molar-refractivity contribution is -0.193. The lowest BCUT2D eigenvalue weighted by atomic mass is 9.87. The summed E-state index contributed by atoms with van der Waals surface area (Å²) in [5.74, 6) is -0.108. The smallest absolute Gasteiger partial charge is 0.327 e. The first-order chi connectivity index (χ1) is 19.0. The molecule has 1 aliphatic carbocycles. The van der Waals surface area contributed by atoms with E-state index in [0.717, 1.165) is 90.3 Å². The summed E-state index contributed by atoms with van der Waals surface area (Å²) < 4.78 is 24.8. The fourth-order valence-electron chi connectivity index (χ4n) is 6.41. The zero-order valence-corrected chi connectivity index (χ0v) is 24.4. The molecule has 1 saturated carbocycles. The van der Waals surface area contributed by atoms with E-state index < -0.39 is 12.1 Å². The van der Waals surface area contributed by atoms with Crippen LogP contribution in [0.2, 0.25) is 0 Å². The van der Waals surface area contributed by atoms with Crippen LogP contribution in [-0.2, 0) is 23.7 Å². The van der Waals surface area contributed by atoms with E-state index in [9.17, 15) is 9.90 Å². The molecule has 7 nitrogen and oxygen atoms in total. The number of aliphatic hydroxyl groups excluding tert-OH is 1. The molecule has 0 bridgehead atoms. The third kappa shape index (κ3) is 11.6. The van der Waals surface area contributed by atoms with Gasteiger partial charge < -0.3 is 29.2 Å². The van der Waals surface area contributed by atoms with Crippen molar-refractivity contribution in [3.63, 3.8) is 0 Å². The zero-order valence-electron chi connectivity index (χ0n) is 24.4. The summed E-state index contributed by atoms with van der Waals surface area (Å²) in [6.45, 7) is 6.01. The molecule has 39 heavy (non-hydrogen) atoms. The van der Waals surface area contributed by atoms with Crippen molar-refractivity contribution in [2.45, 2.75) is 141 Å². The second-order valence-corrected chi connectivity index (χ2v) is 11.7. The minimum Gasteiger partial charge on any atom is -0.478 e. The second-order valence-electron chi connectivity index (χ2n) is 11.7. The maximum absolute atomic E-state index is 11.1. The fraction of sp³-hybridized carbons (Fsp3) is 0.844. The highest BCUT2D eigenvalue weighted by molar-refractivity contribution is 5.79. The first kappa shape index (κ1) is 32.3. The van der Waals surface area contributed by atoms with Crippen LogP contribution in [0.25, 0.3) is 0 Å². The number of carbonyl (C=O) groups is 1. The molecule has 8 atom stereocenters. The molecular formula is C32H54O7. The average molecular weight is 551 g/mol. The SMILES string of the molecule is CCCC(CC)CC(/C=C/[C@@H]1[C@@H](CCCC/C=C/C(=O)O)[C@@H](O)C[C@H]1OC1CCCCO1)OC1CCCCO1. The molecule has 3 aliphatic rings. The van der Waals surface area contributed by atoms with Crippen LogP contribution in [0.5, 0.6) is 0 Å². The predicted octanol–water partition coefficient (Wildman–Crippen LogP) is 6.78. The maximum Gasteiger partial charge on any atom is 0.327 e. The Kier molecular flexibility index (Phi) is 15.1. The molecule has 0 aromatic carbocycles. The van der Waals surface area contributed by atoms with Crippen LogP contribution in [-0.4, -0.2) is 60.3 Å². The first-order valence-corrected chi connectivity index (χ1v) is 15.8. The van der Waals surface area contributed by atoms with Crippen molar-refractivity contribution in [3.05, 3.63) is 24.3 Å². The summed E-state index contributed by atoms with van der Waals surface area (Å²) in [6, 6.07) is 0. The molecule has 224 valence electrons. The topological polar surface area (TPSA) is 94.5 Å². The molecule has 0 spiro atoms. The van der Waals surface area contributed by atoms with Crippen LogP contribution in [0.1, 0.15) is 110 Å². The number of aliphatic hydroxyl groups is 1. The van der Waals surface area contributed by atoms with Gasteiger partial charge in [0.15, 0.2) is 12.6 Å². The summed E-state index contributed by atoms with van der Waals surface area (Å²) in [4.78, 5) is 10.7. The van der Waals surface area contributed by atoms with Crippen LogP contribution in [0, 0.1) is 17.8 Å². The molecule has 2 N–H and O–H groups in total. The fourth-order valence-corrected chi connectivity index (χ4v) is 6.41. The molecule has 0 radical (unpaired) electrons. The van der Waals surface area contributed by atoms with Gasteiger partial charge in [0.05, 0.1) is 18.3 Å². The maximum atomic E-state index is 11.1. The summed E-state index contributed by atoms with van der Waals surface area (Å²) in [7, 11) is 0. The van der Waals surface area contributed by atoms with Gasteiger partial charge in [-0.05, 0) is 76.0 Å². The quantitative estimate of drug-likeness (QED) is 0.117. The van der Waals surface area contributed by atoms with E-state index in [2.05, 4.69) is 26.0 Å². The number of hydrogen-bond acceptors (Lipinski definition) is 6. The van der Waals surface area contributed by atoms with Crippen molar-refractivity contribution in [1.82, 2.24) is 0 Å². The van der Waals surface area contributed by atoms with Gasteiger partial charge in [-0.25, -0.2) is 4.79 Å². The van der Waals surface area contributed by atoms with Gasteiger partial charge in [-0.15, -0.1) is 0 Å². The van der Waals surface area contributed by atoms with Gasteiger partial charge in [0.2, 0.25) is 0 Å². The van der Waals surface area contributed by atoms with Crippen LogP contribution < -0.4 is 0 Å². The Morgan fingerprint density at radius 1 is 1.05 bits per heavy atom. The number of aliphatic carboxylic acids is 1. The van der Waals surface area contributed by atoms with Crippen LogP contribution >= 0.6 is 0 Å². The van der Waals surface area contributed by atoms with Gasteiger partial charge in [0.1, 0.15) is 0 Å². The lowest BCUT2D eigenvalue weighted by Crippen LogP contribution is -2.31. The van der Waals surface area contributed by atoms with E-state index in [0.29, 0.717) is 12.3 Å². The number of unbranched alkanes of at least 4 members (excludes halogenated alkanes) is 2. The molecule has 0 aromatic heterocycles. The average Bonchev–Trinajstić information content (AvgIpc) is 3.23. The molecule has 3 fully saturated rings. The highest BCUT2D eigenvalue weighted by Crippen LogP contribution is 2.40. The standard InChI is InChI=1S/C32H54O7/c1-3-13-24(4-2)22-25(38-31-16-9-11-20-36-31)18-19-27-26(14-7-5-6-8-15-30(34)35)28(33)23-29(27)39-32-17-10-12-21-37-32/h8,15,18-19,24-29,31-33H,3-7,9-14,16-17,20-23H2,1-2H3,(H,34,35)/b15-8+,19-18+/t24?,25?,26-,27-,28+,29-,31?,32?/m1/s1. The molecule has 0 amide bonds. The minimum absolute atomic E-state index is 0.0178. The summed E-state index contributed by atoms with van der Waals surface area (Å²) in [5.41, 5.74) is 0. The van der Waals surface area contributed by atoms with Crippen molar-refractivity contribution in [3.8, 4) is 0 Å². The Balaban J connectivity index is 1.70. The third-order valence-corrected chi connectivity index (χ3v) is 8.63. The highest BCUT2D eigenvalue weighted by Gasteiger charge is 2.42. The zero-order chi connectivity index (χ0) is 27.9. The van der Waals surface area contributed by atoms with Gasteiger partial charge in [0.25, 0.3) is 0 Å². The van der Waals surface area contributed by atoms with Crippen molar-refractivity contribution in [1.29, 1.82) is 0 Å². The monoisotopic (exact) mass is 550 g/mol. The van der Waals surface area contributed by atoms with E-state index in [1.54, 1.807) is 6.08 Å². The predicted molar refractivity (Wildman–Crippen MR) is 152 cm³/mol. The molecule has 2 heterocycles. The number of ether oxygens (including phenoxy) is 4. The van der Waals surface area contributed by atoms with E-state index in [4.69, 9.17) is 24.1 Å². The Hall–Kier alpha value is -1.25. The molecule has 2 aliphatic heterocycles.